The topological polar surface area (TPSA) is 83.9 Å². The van der Waals surface area contributed by atoms with Crippen molar-refractivity contribution in [2.24, 2.45) is 0 Å². The van der Waals surface area contributed by atoms with Crippen LogP contribution in [0.3, 0.4) is 0 Å². The molecule has 0 fully saturated rings. The molecule has 0 heterocycles. The molecule has 1 atom stereocenters. The Morgan fingerprint density at radius 2 is 2.07 bits per heavy atom. The van der Waals surface area contributed by atoms with E-state index in [4.69, 9.17) is 5.11 Å². The molecular formula is C9H13NO5. The number of hydrogen-bond donors (Lipinski definition) is 1. The monoisotopic (exact) mass is 215 g/mol. The first kappa shape index (κ1) is 13.2. The Kier molecular flexibility index (Phi) is 5.08. The first-order valence-corrected chi connectivity index (χ1v) is 4.12. The van der Waals surface area contributed by atoms with Crippen LogP contribution in [-0.2, 0) is 19.1 Å². The molecule has 1 N–H and O–H groups in total. The third-order valence-electron chi connectivity index (χ3n) is 1.83. The van der Waals surface area contributed by atoms with Gasteiger partial charge in [-0.2, -0.15) is 0 Å². The Morgan fingerprint density at radius 3 is 2.40 bits per heavy atom. The summed E-state index contributed by atoms with van der Waals surface area (Å²) >= 11 is 0. The van der Waals surface area contributed by atoms with Crippen LogP contribution in [0.2, 0.25) is 0 Å². The van der Waals surface area contributed by atoms with Gasteiger partial charge in [-0.3, -0.25) is 9.59 Å². The maximum atomic E-state index is 11.2. The molecule has 0 unspecified atom stereocenters. The zero-order valence-electron chi connectivity index (χ0n) is 8.60. The quantitative estimate of drug-likeness (QED) is 0.500. The van der Waals surface area contributed by atoms with Crippen LogP contribution in [0.1, 0.15) is 6.42 Å². The average Bonchev–Trinajstić information content (AvgIpc) is 2.22. The number of amides is 1. The molecule has 0 aliphatic rings. The summed E-state index contributed by atoms with van der Waals surface area (Å²) in [5.74, 6) is -2.49. The second-order valence-electron chi connectivity index (χ2n) is 2.79. The van der Waals surface area contributed by atoms with Crippen molar-refractivity contribution in [2.45, 2.75) is 12.5 Å². The van der Waals surface area contributed by atoms with Gasteiger partial charge >= 0.3 is 11.9 Å². The highest BCUT2D eigenvalue weighted by Crippen LogP contribution is 2.05. The number of carboxylic acid groups (broad SMARTS) is 1. The summed E-state index contributed by atoms with van der Waals surface area (Å²) in [6.45, 7) is 3.24. The van der Waals surface area contributed by atoms with Gasteiger partial charge in [-0.25, -0.2) is 4.79 Å². The zero-order chi connectivity index (χ0) is 12.0. The minimum atomic E-state index is -1.19. The van der Waals surface area contributed by atoms with E-state index in [0.717, 1.165) is 18.1 Å². The fraction of sp³-hybridized carbons (Fsp3) is 0.444. The molecule has 0 saturated heterocycles. The molecule has 0 rings (SSSR count). The number of carbonyl (C=O) groups is 3. The van der Waals surface area contributed by atoms with E-state index in [1.54, 1.807) is 0 Å². The highest BCUT2D eigenvalue weighted by molar-refractivity contribution is 5.92. The van der Waals surface area contributed by atoms with Crippen molar-refractivity contribution in [3.8, 4) is 0 Å². The van der Waals surface area contributed by atoms with Gasteiger partial charge in [0.2, 0.25) is 5.91 Å². The first-order chi connectivity index (χ1) is 6.93. The van der Waals surface area contributed by atoms with Crippen LogP contribution in [0.25, 0.3) is 0 Å². The minimum absolute atomic E-state index is 0.497. The zero-order valence-corrected chi connectivity index (χ0v) is 8.60. The number of nitrogens with zero attached hydrogens (tertiary/aromatic N) is 1. The van der Waals surface area contributed by atoms with Crippen LogP contribution < -0.4 is 0 Å². The molecule has 0 aliphatic carbocycles. The van der Waals surface area contributed by atoms with Gasteiger partial charge in [-0.1, -0.05) is 6.58 Å². The molecule has 0 radical (unpaired) electrons. The molecule has 15 heavy (non-hydrogen) atoms. The Bertz CT molecular complexity index is 286. The molecule has 84 valence electrons. The third-order valence-corrected chi connectivity index (χ3v) is 1.83. The SMILES string of the molecule is C=CC(=O)N(C)[C@@H](CC(=O)O)C(=O)OC. The van der Waals surface area contributed by atoms with E-state index in [1.165, 1.54) is 7.05 Å². The van der Waals surface area contributed by atoms with Crippen LogP contribution in [0.5, 0.6) is 0 Å². The van der Waals surface area contributed by atoms with Crippen molar-refractivity contribution < 1.29 is 24.2 Å². The summed E-state index contributed by atoms with van der Waals surface area (Å²) in [6.07, 6.45) is 0.501. The van der Waals surface area contributed by atoms with Crippen molar-refractivity contribution in [1.82, 2.24) is 4.90 Å². The van der Waals surface area contributed by atoms with Crippen LogP contribution in [0, 0.1) is 0 Å². The van der Waals surface area contributed by atoms with Crippen LogP contribution in [-0.4, -0.2) is 48.1 Å². The van der Waals surface area contributed by atoms with E-state index < -0.39 is 30.3 Å². The van der Waals surface area contributed by atoms with E-state index in [9.17, 15) is 14.4 Å². The molecule has 0 bridgehead atoms. The molecule has 0 aromatic heterocycles. The second-order valence-corrected chi connectivity index (χ2v) is 2.79. The molecule has 0 aliphatic heterocycles. The molecule has 0 aromatic rings. The summed E-state index contributed by atoms with van der Waals surface area (Å²) < 4.78 is 4.40. The molecule has 1 amide bonds. The fourth-order valence-electron chi connectivity index (χ4n) is 0.977. The van der Waals surface area contributed by atoms with Gasteiger partial charge in [-0.15, -0.1) is 0 Å². The van der Waals surface area contributed by atoms with E-state index in [2.05, 4.69) is 11.3 Å². The normalized spacial score (nSPS) is 11.3. The summed E-state index contributed by atoms with van der Waals surface area (Å²) in [5.41, 5.74) is 0. The lowest BCUT2D eigenvalue weighted by Crippen LogP contribution is -2.43. The number of esters is 1. The van der Waals surface area contributed by atoms with Crippen LogP contribution >= 0.6 is 0 Å². The van der Waals surface area contributed by atoms with Gasteiger partial charge in [0.25, 0.3) is 0 Å². The number of aliphatic carboxylic acids is 1. The van der Waals surface area contributed by atoms with Crippen LogP contribution in [0.15, 0.2) is 12.7 Å². The lowest BCUT2D eigenvalue weighted by Gasteiger charge is -2.23. The Hall–Kier alpha value is -1.85. The Labute approximate surface area is 87.1 Å². The van der Waals surface area contributed by atoms with E-state index in [1.807, 2.05) is 0 Å². The molecule has 0 saturated carbocycles. The van der Waals surface area contributed by atoms with E-state index >= 15 is 0 Å². The van der Waals surface area contributed by atoms with Gasteiger partial charge in [0.15, 0.2) is 0 Å². The minimum Gasteiger partial charge on any atom is -0.481 e. The number of carbonyl (C=O) groups excluding carboxylic acids is 2. The van der Waals surface area contributed by atoms with Crippen molar-refractivity contribution in [3.63, 3.8) is 0 Å². The summed E-state index contributed by atoms with van der Waals surface area (Å²) in [4.78, 5) is 33.8. The lowest BCUT2D eigenvalue weighted by molar-refractivity contribution is -0.154. The van der Waals surface area contributed by atoms with Gasteiger partial charge in [-0.05, 0) is 6.08 Å². The maximum Gasteiger partial charge on any atom is 0.329 e. The van der Waals surface area contributed by atoms with Crippen molar-refractivity contribution in [2.75, 3.05) is 14.2 Å². The van der Waals surface area contributed by atoms with Gasteiger partial charge in [0.1, 0.15) is 6.04 Å². The number of likely N-dealkylation sites (N-methyl/N-ethyl adjacent to an activating group) is 1. The smallest absolute Gasteiger partial charge is 0.329 e. The largest absolute Gasteiger partial charge is 0.481 e. The molecule has 6 nitrogen and oxygen atoms in total. The van der Waals surface area contributed by atoms with Crippen LogP contribution in [0.4, 0.5) is 0 Å². The average molecular weight is 215 g/mol. The number of ether oxygens (including phenoxy) is 1. The summed E-state index contributed by atoms with van der Waals surface area (Å²) in [6, 6.07) is -1.13. The lowest BCUT2D eigenvalue weighted by atomic mass is 10.2. The second kappa shape index (κ2) is 5.79. The third kappa shape index (κ3) is 3.80. The van der Waals surface area contributed by atoms with Gasteiger partial charge in [0, 0.05) is 7.05 Å². The van der Waals surface area contributed by atoms with E-state index in [0.29, 0.717) is 0 Å². The maximum absolute atomic E-state index is 11.2. The van der Waals surface area contributed by atoms with Crippen molar-refractivity contribution in [3.05, 3.63) is 12.7 Å². The molecule has 0 spiro atoms. The highest BCUT2D eigenvalue weighted by atomic mass is 16.5. The molecule has 6 heteroatoms. The van der Waals surface area contributed by atoms with Gasteiger partial charge < -0.3 is 14.7 Å². The number of hydrogen-bond acceptors (Lipinski definition) is 4. The number of methoxy groups -OCH3 is 1. The fourth-order valence-corrected chi connectivity index (χ4v) is 0.977. The van der Waals surface area contributed by atoms with Crippen molar-refractivity contribution >= 4 is 17.8 Å². The van der Waals surface area contributed by atoms with E-state index in [-0.39, 0.29) is 0 Å². The predicted molar refractivity (Wildman–Crippen MR) is 51.0 cm³/mol. The molecule has 0 aromatic carbocycles. The number of rotatable bonds is 5. The summed E-state index contributed by atoms with van der Waals surface area (Å²) in [5, 5.41) is 8.56. The standard InChI is InChI=1S/C9H13NO5/c1-4-7(11)10(2)6(5-8(12)13)9(14)15-3/h4,6H,1,5H2,2-3H3,(H,12,13)/t6-/m0/s1. The van der Waals surface area contributed by atoms with Crippen molar-refractivity contribution in [1.29, 1.82) is 0 Å². The first-order valence-electron chi connectivity index (χ1n) is 4.12. The number of carboxylic acids is 1. The summed E-state index contributed by atoms with van der Waals surface area (Å²) in [7, 11) is 2.44. The Balaban J connectivity index is 4.76. The highest BCUT2D eigenvalue weighted by Gasteiger charge is 2.28. The molecular weight excluding hydrogens is 202 g/mol. The van der Waals surface area contributed by atoms with Gasteiger partial charge in [0.05, 0.1) is 13.5 Å². The Morgan fingerprint density at radius 1 is 1.53 bits per heavy atom. The predicted octanol–water partition coefficient (Wildman–Crippen LogP) is -0.353.